The first-order valence-electron chi connectivity index (χ1n) is 7.19. The predicted molar refractivity (Wildman–Crippen MR) is 80.3 cm³/mol. The highest BCUT2D eigenvalue weighted by atomic mass is 16.4. The lowest BCUT2D eigenvalue weighted by molar-refractivity contribution is 0.0690. The Morgan fingerprint density at radius 2 is 2.00 bits per heavy atom. The van der Waals surface area contributed by atoms with E-state index in [0.717, 1.165) is 25.2 Å². The van der Waals surface area contributed by atoms with Crippen LogP contribution in [0.1, 0.15) is 34.1 Å². The smallest absolute Gasteiger partial charge is 0.354 e. The van der Waals surface area contributed by atoms with Crippen LogP contribution in [0.15, 0.2) is 48.5 Å². The monoisotopic (exact) mass is 282 g/mol. The average molecular weight is 282 g/mol. The molecule has 0 aliphatic carbocycles. The molecular weight excluding hydrogens is 264 g/mol. The lowest BCUT2D eigenvalue weighted by atomic mass is 9.99. The zero-order valence-corrected chi connectivity index (χ0v) is 11.8. The maximum atomic E-state index is 11.0. The molecule has 1 aliphatic rings. The summed E-state index contributed by atoms with van der Waals surface area (Å²) in [7, 11) is 0. The number of hydrogen-bond acceptors (Lipinski definition) is 3. The number of benzene rings is 1. The van der Waals surface area contributed by atoms with E-state index in [1.165, 1.54) is 11.6 Å². The third-order valence-corrected chi connectivity index (χ3v) is 3.95. The van der Waals surface area contributed by atoms with E-state index in [1.807, 2.05) is 12.1 Å². The molecule has 4 nitrogen and oxygen atoms in total. The van der Waals surface area contributed by atoms with E-state index >= 15 is 0 Å². The van der Waals surface area contributed by atoms with Gasteiger partial charge < -0.3 is 5.11 Å². The van der Waals surface area contributed by atoms with Gasteiger partial charge in [0.1, 0.15) is 5.69 Å². The lowest BCUT2D eigenvalue weighted by Crippen LogP contribution is -2.21. The summed E-state index contributed by atoms with van der Waals surface area (Å²) in [5.74, 6) is -0.408. The van der Waals surface area contributed by atoms with E-state index in [2.05, 4.69) is 34.1 Å². The van der Waals surface area contributed by atoms with E-state index in [9.17, 15) is 4.79 Å². The molecule has 1 N–H and O–H groups in total. The van der Waals surface area contributed by atoms with Gasteiger partial charge in [0.15, 0.2) is 0 Å². The second-order valence-corrected chi connectivity index (χ2v) is 5.45. The molecule has 1 aromatic carbocycles. The van der Waals surface area contributed by atoms with Crippen molar-refractivity contribution in [1.29, 1.82) is 0 Å². The Hall–Kier alpha value is -2.20. The molecule has 0 saturated carbocycles. The van der Waals surface area contributed by atoms with E-state index in [-0.39, 0.29) is 5.69 Å². The molecule has 3 rings (SSSR count). The molecule has 1 unspecified atom stereocenters. The fourth-order valence-corrected chi connectivity index (χ4v) is 2.89. The highest BCUT2D eigenvalue weighted by Crippen LogP contribution is 2.27. The van der Waals surface area contributed by atoms with Crippen molar-refractivity contribution in [2.75, 3.05) is 13.1 Å². The van der Waals surface area contributed by atoms with Crippen LogP contribution in [0.4, 0.5) is 0 Å². The lowest BCUT2D eigenvalue weighted by Gasteiger charge is -2.16. The molecule has 0 amide bonds. The molecule has 0 radical (unpaired) electrons. The third-order valence-electron chi connectivity index (χ3n) is 3.95. The van der Waals surface area contributed by atoms with Gasteiger partial charge in [-0.3, -0.25) is 4.90 Å². The van der Waals surface area contributed by atoms with E-state index in [1.54, 1.807) is 6.07 Å². The Balaban J connectivity index is 1.65. The molecule has 1 fully saturated rings. The zero-order valence-electron chi connectivity index (χ0n) is 11.8. The van der Waals surface area contributed by atoms with Crippen LogP contribution < -0.4 is 0 Å². The Morgan fingerprint density at radius 3 is 2.76 bits per heavy atom. The van der Waals surface area contributed by atoms with Crippen molar-refractivity contribution < 1.29 is 9.90 Å². The number of hydrogen-bond donors (Lipinski definition) is 1. The fourth-order valence-electron chi connectivity index (χ4n) is 2.89. The fraction of sp³-hybridized carbons (Fsp3) is 0.294. The van der Waals surface area contributed by atoms with Crippen LogP contribution in [-0.4, -0.2) is 34.0 Å². The Kier molecular flexibility index (Phi) is 3.97. The molecule has 1 saturated heterocycles. The number of aromatic nitrogens is 1. The van der Waals surface area contributed by atoms with Gasteiger partial charge >= 0.3 is 5.97 Å². The Labute approximate surface area is 124 Å². The SMILES string of the molecule is O=C(O)c1cccc(CN2CCC(c3ccccc3)C2)n1. The number of carbonyl (C=O) groups is 1. The normalized spacial score (nSPS) is 18.8. The predicted octanol–water partition coefficient (Wildman–Crippen LogP) is 2.77. The average Bonchev–Trinajstić information content (AvgIpc) is 2.97. The van der Waals surface area contributed by atoms with Crippen molar-refractivity contribution in [1.82, 2.24) is 9.88 Å². The van der Waals surface area contributed by atoms with Gasteiger partial charge in [-0.15, -0.1) is 0 Å². The maximum absolute atomic E-state index is 11.0. The Bertz CT molecular complexity index is 628. The maximum Gasteiger partial charge on any atom is 0.354 e. The quantitative estimate of drug-likeness (QED) is 0.937. The molecule has 2 heterocycles. The minimum atomic E-state index is -0.972. The summed E-state index contributed by atoms with van der Waals surface area (Å²) in [5, 5.41) is 8.98. The molecule has 108 valence electrons. The first-order chi connectivity index (χ1) is 10.2. The summed E-state index contributed by atoms with van der Waals surface area (Å²) in [4.78, 5) is 17.5. The zero-order chi connectivity index (χ0) is 14.7. The Morgan fingerprint density at radius 1 is 1.19 bits per heavy atom. The summed E-state index contributed by atoms with van der Waals surface area (Å²) in [6.45, 7) is 2.74. The topological polar surface area (TPSA) is 53.4 Å². The molecular formula is C17H18N2O2. The molecule has 0 bridgehead atoms. The molecule has 4 heteroatoms. The second kappa shape index (κ2) is 6.06. The van der Waals surface area contributed by atoms with E-state index < -0.39 is 5.97 Å². The number of carboxylic acid groups (broad SMARTS) is 1. The highest BCUT2D eigenvalue weighted by molar-refractivity contribution is 5.85. The number of pyridine rings is 1. The van der Waals surface area contributed by atoms with Crippen LogP contribution >= 0.6 is 0 Å². The first-order valence-corrected chi connectivity index (χ1v) is 7.19. The summed E-state index contributed by atoms with van der Waals surface area (Å²) in [6, 6.07) is 15.7. The van der Waals surface area contributed by atoms with Gasteiger partial charge in [0.05, 0.1) is 5.69 Å². The minimum Gasteiger partial charge on any atom is -0.477 e. The summed E-state index contributed by atoms with van der Waals surface area (Å²) in [5.41, 5.74) is 2.32. The standard InChI is InChI=1S/C17H18N2O2/c20-17(21)16-8-4-7-15(18-16)12-19-10-9-14(11-19)13-5-2-1-3-6-13/h1-8,14H,9-12H2,(H,20,21). The second-order valence-electron chi connectivity index (χ2n) is 5.45. The van der Waals surface area contributed by atoms with Crippen LogP contribution in [0, 0.1) is 0 Å². The van der Waals surface area contributed by atoms with Gasteiger partial charge in [-0.05, 0) is 36.6 Å². The number of likely N-dealkylation sites (tertiary alicyclic amines) is 1. The van der Waals surface area contributed by atoms with Crippen molar-refractivity contribution in [2.24, 2.45) is 0 Å². The molecule has 1 atom stereocenters. The third kappa shape index (κ3) is 3.28. The molecule has 1 aromatic heterocycles. The highest BCUT2D eigenvalue weighted by Gasteiger charge is 2.24. The molecule has 1 aliphatic heterocycles. The van der Waals surface area contributed by atoms with E-state index in [4.69, 9.17) is 5.11 Å². The summed E-state index contributed by atoms with van der Waals surface area (Å²) in [6.07, 6.45) is 1.14. The molecule has 21 heavy (non-hydrogen) atoms. The van der Waals surface area contributed by atoms with Gasteiger partial charge in [-0.1, -0.05) is 36.4 Å². The van der Waals surface area contributed by atoms with Crippen LogP contribution in [0.25, 0.3) is 0 Å². The van der Waals surface area contributed by atoms with Gasteiger partial charge in [-0.2, -0.15) is 0 Å². The van der Waals surface area contributed by atoms with Crippen LogP contribution in [0.5, 0.6) is 0 Å². The summed E-state index contributed by atoms with van der Waals surface area (Å²) < 4.78 is 0. The number of nitrogens with zero attached hydrogens (tertiary/aromatic N) is 2. The van der Waals surface area contributed by atoms with Crippen molar-refractivity contribution in [3.05, 3.63) is 65.5 Å². The van der Waals surface area contributed by atoms with Crippen molar-refractivity contribution in [3.63, 3.8) is 0 Å². The van der Waals surface area contributed by atoms with E-state index in [0.29, 0.717) is 12.5 Å². The van der Waals surface area contributed by atoms with Gasteiger partial charge in [0.2, 0.25) is 0 Å². The number of aromatic carboxylic acids is 1. The van der Waals surface area contributed by atoms with Crippen molar-refractivity contribution >= 4 is 5.97 Å². The van der Waals surface area contributed by atoms with Gasteiger partial charge in [-0.25, -0.2) is 9.78 Å². The first kappa shape index (κ1) is 13.8. The van der Waals surface area contributed by atoms with Gasteiger partial charge in [0, 0.05) is 13.1 Å². The van der Waals surface area contributed by atoms with Crippen molar-refractivity contribution in [3.8, 4) is 0 Å². The largest absolute Gasteiger partial charge is 0.477 e. The molecule has 2 aromatic rings. The van der Waals surface area contributed by atoms with Gasteiger partial charge in [0.25, 0.3) is 0 Å². The number of rotatable bonds is 4. The minimum absolute atomic E-state index is 0.117. The number of carboxylic acids is 1. The molecule has 0 spiro atoms. The summed E-state index contributed by atoms with van der Waals surface area (Å²) >= 11 is 0. The van der Waals surface area contributed by atoms with Crippen LogP contribution in [-0.2, 0) is 6.54 Å². The van der Waals surface area contributed by atoms with Crippen LogP contribution in [0.2, 0.25) is 0 Å². The van der Waals surface area contributed by atoms with Crippen LogP contribution in [0.3, 0.4) is 0 Å². The van der Waals surface area contributed by atoms with Crippen molar-refractivity contribution in [2.45, 2.75) is 18.9 Å².